The van der Waals surface area contributed by atoms with E-state index in [0.29, 0.717) is 6.54 Å². The maximum Gasteiger partial charge on any atom is 0.410 e. The van der Waals surface area contributed by atoms with Gasteiger partial charge in [-0.2, -0.15) is 0 Å². The number of thioether (sulfide) groups is 1. The molecule has 0 bridgehead atoms. The molecule has 1 saturated heterocycles. The van der Waals surface area contributed by atoms with Gasteiger partial charge in [0, 0.05) is 31.1 Å². The van der Waals surface area contributed by atoms with Crippen molar-refractivity contribution in [2.75, 3.05) is 13.2 Å². The lowest BCUT2D eigenvalue weighted by Gasteiger charge is -2.21. The zero-order valence-corrected chi connectivity index (χ0v) is 13.9. The highest BCUT2D eigenvalue weighted by Gasteiger charge is 2.35. The second-order valence-electron chi connectivity index (χ2n) is 5.20. The largest absolute Gasteiger partial charge is 0.445 e. The number of aromatic nitrogens is 1. The van der Waals surface area contributed by atoms with Crippen molar-refractivity contribution in [2.24, 2.45) is 0 Å². The number of nitrogens with zero attached hydrogens (tertiary/aromatic N) is 2. The Labute approximate surface area is 140 Å². The van der Waals surface area contributed by atoms with Crippen molar-refractivity contribution in [1.82, 2.24) is 9.88 Å². The molecule has 0 N–H and O–H groups in total. The van der Waals surface area contributed by atoms with Crippen molar-refractivity contribution in [1.29, 1.82) is 0 Å². The van der Waals surface area contributed by atoms with Crippen LogP contribution in [0.5, 0.6) is 0 Å². The SMILES string of the molecule is C=CCOC(=O)N1C[C@@H](SC(C)=O)C[C@H]1/C=C\c1cccnc1. The molecular weight excluding hydrogens is 312 g/mol. The summed E-state index contributed by atoms with van der Waals surface area (Å²) < 4.78 is 5.14. The summed E-state index contributed by atoms with van der Waals surface area (Å²) in [6.07, 6.45) is 9.26. The van der Waals surface area contributed by atoms with Crippen LogP contribution >= 0.6 is 11.8 Å². The molecule has 0 saturated carbocycles. The molecule has 1 amide bonds. The molecule has 1 aliphatic rings. The van der Waals surface area contributed by atoms with Gasteiger partial charge in [-0.15, -0.1) is 0 Å². The molecule has 2 atom stereocenters. The van der Waals surface area contributed by atoms with E-state index < -0.39 is 0 Å². The molecule has 5 nitrogen and oxygen atoms in total. The first-order chi connectivity index (χ1) is 11.1. The number of rotatable bonds is 5. The van der Waals surface area contributed by atoms with Crippen LogP contribution in [0.4, 0.5) is 4.79 Å². The molecule has 1 aromatic heterocycles. The summed E-state index contributed by atoms with van der Waals surface area (Å²) in [5.74, 6) is 0. The van der Waals surface area contributed by atoms with Gasteiger partial charge in [-0.05, 0) is 18.1 Å². The highest BCUT2D eigenvalue weighted by Crippen LogP contribution is 2.29. The molecule has 1 aliphatic heterocycles. The second-order valence-corrected chi connectivity index (χ2v) is 6.68. The summed E-state index contributed by atoms with van der Waals surface area (Å²) in [7, 11) is 0. The fourth-order valence-corrected chi connectivity index (χ4v) is 3.45. The molecule has 0 aromatic carbocycles. The Balaban J connectivity index is 2.08. The number of likely N-dealkylation sites (tertiary alicyclic amines) is 1. The number of carbonyl (C=O) groups excluding carboxylic acids is 2. The van der Waals surface area contributed by atoms with Crippen LogP contribution in [-0.4, -0.2) is 45.5 Å². The van der Waals surface area contributed by atoms with E-state index in [-0.39, 0.29) is 29.1 Å². The summed E-state index contributed by atoms with van der Waals surface area (Å²) >= 11 is 1.28. The molecule has 0 radical (unpaired) electrons. The summed E-state index contributed by atoms with van der Waals surface area (Å²) in [4.78, 5) is 29.2. The Bertz CT molecular complexity index is 589. The molecule has 0 aliphatic carbocycles. The zero-order valence-electron chi connectivity index (χ0n) is 13.1. The smallest absolute Gasteiger partial charge is 0.410 e. The third-order valence-corrected chi connectivity index (χ3v) is 4.40. The third kappa shape index (κ3) is 5.25. The number of hydrogen-bond acceptors (Lipinski definition) is 5. The van der Waals surface area contributed by atoms with Gasteiger partial charge in [-0.1, -0.05) is 42.6 Å². The number of hydrogen-bond donors (Lipinski definition) is 0. The molecule has 23 heavy (non-hydrogen) atoms. The van der Waals surface area contributed by atoms with Crippen molar-refractivity contribution >= 4 is 29.0 Å². The van der Waals surface area contributed by atoms with E-state index in [4.69, 9.17) is 4.74 Å². The van der Waals surface area contributed by atoms with Gasteiger partial charge in [0.1, 0.15) is 6.61 Å². The minimum Gasteiger partial charge on any atom is -0.445 e. The first-order valence-corrected chi connectivity index (χ1v) is 8.28. The molecule has 1 fully saturated rings. The monoisotopic (exact) mass is 332 g/mol. The number of pyridine rings is 1. The van der Waals surface area contributed by atoms with E-state index in [1.54, 1.807) is 24.2 Å². The van der Waals surface area contributed by atoms with E-state index in [0.717, 1.165) is 12.0 Å². The van der Waals surface area contributed by atoms with Crippen LogP contribution in [0, 0.1) is 0 Å². The average Bonchev–Trinajstić information content (AvgIpc) is 2.93. The van der Waals surface area contributed by atoms with Gasteiger partial charge >= 0.3 is 6.09 Å². The standard InChI is InChI=1S/C17H20N2O3S/c1-3-9-22-17(21)19-12-16(23-13(2)20)10-15(19)7-6-14-5-4-8-18-11-14/h3-8,11,15-16H,1,9-10,12H2,2H3/b7-6-/t15-,16+/m1/s1. The van der Waals surface area contributed by atoms with Gasteiger partial charge in [-0.25, -0.2) is 4.79 Å². The highest BCUT2D eigenvalue weighted by molar-refractivity contribution is 8.14. The Hall–Kier alpha value is -2.08. The normalized spacial score (nSPS) is 20.7. The quantitative estimate of drug-likeness (QED) is 0.775. The van der Waals surface area contributed by atoms with Crippen LogP contribution < -0.4 is 0 Å². The summed E-state index contributed by atoms with van der Waals surface area (Å²) in [5, 5.41) is 0.152. The summed E-state index contributed by atoms with van der Waals surface area (Å²) in [5.41, 5.74) is 0.967. The molecule has 122 valence electrons. The van der Waals surface area contributed by atoms with Crippen LogP contribution in [0.1, 0.15) is 18.9 Å². The van der Waals surface area contributed by atoms with E-state index in [1.807, 2.05) is 24.3 Å². The molecule has 1 aromatic rings. The topological polar surface area (TPSA) is 59.5 Å². The molecule has 6 heteroatoms. The number of ether oxygens (including phenoxy) is 1. The first kappa shape index (κ1) is 17.3. The molecular formula is C17H20N2O3S. The second kappa shape index (κ2) is 8.53. The molecule has 2 heterocycles. The average molecular weight is 332 g/mol. The molecule has 0 spiro atoms. The van der Waals surface area contributed by atoms with Crippen LogP contribution in [0.3, 0.4) is 0 Å². The van der Waals surface area contributed by atoms with Crippen LogP contribution in [0.15, 0.2) is 43.3 Å². The fraction of sp³-hybridized carbons (Fsp3) is 0.353. The minimum atomic E-state index is -0.377. The van der Waals surface area contributed by atoms with Gasteiger partial charge in [0.25, 0.3) is 0 Å². The van der Waals surface area contributed by atoms with Crippen molar-refractivity contribution in [3.8, 4) is 0 Å². The Morgan fingerprint density at radius 2 is 2.39 bits per heavy atom. The lowest BCUT2D eigenvalue weighted by molar-refractivity contribution is -0.109. The van der Waals surface area contributed by atoms with Crippen molar-refractivity contribution in [3.63, 3.8) is 0 Å². The maximum absolute atomic E-state index is 12.2. The maximum atomic E-state index is 12.2. The van der Waals surface area contributed by atoms with Crippen molar-refractivity contribution in [3.05, 3.63) is 48.8 Å². The number of carbonyl (C=O) groups is 2. The first-order valence-electron chi connectivity index (χ1n) is 7.40. The summed E-state index contributed by atoms with van der Waals surface area (Å²) in [6, 6.07) is 3.71. The predicted molar refractivity (Wildman–Crippen MR) is 92.0 cm³/mol. The predicted octanol–water partition coefficient (Wildman–Crippen LogP) is 3.14. The van der Waals surface area contributed by atoms with E-state index >= 15 is 0 Å². The third-order valence-electron chi connectivity index (χ3n) is 3.39. The lowest BCUT2D eigenvalue weighted by atomic mass is 10.1. The van der Waals surface area contributed by atoms with Gasteiger partial charge in [0.05, 0.1) is 6.04 Å². The fourth-order valence-electron chi connectivity index (χ4n) is 2.45. The van der Waals surface area contributed by atoms with Crippen molar-refractivity contribution in [2.45, 2.75) is 24.6 Å². The lowest BCUT2D eigenvalue weighted by Crippen LogP contribution is -2.35. The Morgan fingerprint density at radius 1 is 1.57 bits per heavy atom. The van der Waals surface area contributed by atoms with E-state index in [1.165, 1.54) is 17.8 Å². The van der Waals surface area contributed by atoms with Crippen molar-refractivity contribution < 1.29 is 14.3 Å². The van der Waals surface area contributed by atoms with Crippen LogP contribution in [-0.2, 0) is 9.53 Å². The van der Waals surface area contributed by atoms with E-state index in [2.05, 4.69) is 11.6 Å². The molecule has 2 rings (SSSR count). The van der Waals surface area contributed by atoms with Gasteiger partial charge < -0.3 is 9.64 Å². The summed E-state index contributed by atoms with van der Waals surface area (Å²) in [6.45, 7) is 5.77. The van der Waals surface area contributed by atoms with Gasteiger partial charge in [0.15, 0.2) is 5.12 Å². The minimum absolute atomic E-state index is 0.0614. The zero-order chi connectivity index (χ0) is 16.7. The van der Waals surface area contributed by atoms with Crippen LogP contribution in [0.2, 0.25) is 0 Å². The van der Waals surface area contributed by atoms with E-state index in [9.17, 15) is 9.59 Å². The van der Waals surface area contributed by atoms with Gasteiger partial charge in [-0.3, -0.25) is 9.78 Å². The van der Waals surface area contributed by atoms with Gasteiger partial charge in [0.2, 0.25) is 0 Å². The van der Waals surface area contributed by atoms with Crippen LogP contribution in [0.25, 0.3) is 6.08 Å². The Morgan fingerprint density at radius 3 is 3.04 bits per heavy atom. The Kier molecular flexibility index (Phi) is 6.40. The molecule has 0 unspecified atom stereocenters. The number of amides is 1. The highest BCUT2D eigenvalue weighted by atomic mass is 32.2.